The number of carbonyl (C=O) groups excluding carboxylic acids is 1. The molecule has 1 aliphatic heterocycles. The predicted molar refractivity (Wildman–Crippen MR) is 100 cm³/mol. The molecule has 3 rings (SSSR count). The van der Waals surface area contributed by atoms with E-state index in [0.717, 1.165) is 56.1 Å². The van der Waals surface area contributed by atoms with Crippen LogP contribution in [0.3, 0.4) is 0 Å². The normalized spacial score (nSPS) is 15.7. The number of aryl methyl sites for hydroxylation is 2. The smallest absolute Gasteiger partial charge is 0.227 e. The lowest BCUT2D eigenvalue weighted by molar-refractivity contribution is -0.130. The van der Waals surface area contributed by atoms with Gasteiger partial charge in [0.2, 0.25) is 11.9 Å². The van der Waals surface area contributed by atoms with Gasteiger partial charge in [-0.3, -0.25) is 14.7 Å². The largest absolute Gasteiger partial charge is 0.368 e. The fourth-order valence-corrected chi connectivity index (χ4v) is 3.41. The van der Waals surface area contributed by atoms with E-state index in [2.05, 4.69) is 25.9 Å². The first kappa shape index (κ1) is 18.3. The Bertz CT molecular complexity index is 741. The molecule has 0 aromatic carbocycles. The highest BCUT2D eigenvalue weighted by Gasteiger charge is 2.21. The summed E-state index contributed by atoms with van der Waals surface area (Å²) >= 11 is 0. The molecule has 1 fully saturated rings. The second kappa shape index (κ2) is 8.23. The van der Waals surface area contributed by atoms with Gasteiger partial charge in [-0.15, -0.1) is 0 Å². The molecule has 7 nitrogen and oxygen atoms in total. The van der Waals surface area contributed by atoms with Crippen molar-refractivity contribution in [2.24, 2.45) is 0 Å². The second-order valence-electron chi connectivity index (χ2n) is 6.78. The molecular weight excluding hydrogens is 328 g/mol. The van der Waals surface area contributed by atoms with Gasteiger partial charge in [0.1, 0.15) is 0 Å². The summed E-state index contributed by atoms with van der Waals surface area (Å²) in [5.41, 5.74) is 9.35. The summed E-state index contributed by atoms with van der Waals surface area (Å²) in [6.45, 7) is 8.03. The van der Waals surface area contributed by atoms with Crippen LogP contribution in [0.25, 0.3) is 0 Å². The van der Waals surface area contributed by atoms with Crippen LogP contribution >= 0.6 is 0 Å². The molecule has 7 heteroatoms. The van der Waals surface area contributed by atoms with Crippen molar-refractivity contribution in [2.75, 3.05) is 31.9 Å². The number of nitrogens with zero attached hydrogens (tertiary/aromatic N) is 5. The van der Waals surface area contributed by atoms with Gasteiger partial charge in [0.25, 0.3) is 0 Å². The Morgan fingerprint density at radius 3 is 2.62 bits per heavy atom. The van der Waals surface area contributed by atoms with E-state index >= 15 is 0 Å². The number of amides is 1. The zero-order valence-corrected chi connectivity index (χ0v) is 15.5. The van der Waals surface area contributed by atoms with Gasteiger partial charge in [-0.25, -0.2) is 9.97 Å². The molecule has 26 heavy (non-hydrogen) atoms. The van der Waals surface area contributed by atoms with Crippen molar-refractivity contribution in [3.05, 3.63) is 47.0 Å². The minimum absolute atomic E-state index is 0.132. The van der Waals surface area contributed by atoms with Crippen LogP contribution in [0.2, 0.25) is 0 Å². The van der Waals surface area contributed by atoms with Crippen LogP contribution in [0.1, 0.15) is 28.9 Å². The van der Waals surface area contributed by atoms with Crippen molar-refractivity contribution in [3.63, 3.8) is 0 Å². The number of nitrogens with two attached hydrogens (primary N) is 1. The van der Waals surface area contributed by atoms with E-state index in [-0.39, 0.29) is 11.9 Å². The third kappa shape index (κ3) is 4.54. The van der Waals surface area contributed by atoms with Crippen LogP contribution in [-0.2, 0) is 17.8 Å². The van der Waals surface area contributed by atoms with Crippen LogP contribution in [0.15, 0.2) is 24.5 Å². The van der Waals surface area contributed by atoms with Gasteiger partial charge < -0.3 is 10.6 Å². The van der Waals surface area contributed by atoms with E-state index in [9.17, 15) is 4.79 Å². The van der Waals surface area contributed by atoms with Gasteiger partial charge >= 0.3 is 0 Å². The highest BCUT2D eigenvalue weighted by molar-refractivity contribution is 5.79. The number of hydrogen-bond acceptors (Lipinski definition) is 6. The van der Waals surface area contributed by atoms with Crippen molar-refractivity contribution in [3.8, 4) is 0 Å². The Kier molecular flexibility index (Phi) is 5.78. The van der Waals surface area contributed by atoms with Crippen molar-refractivity contribution in [1.29, 1.82) is 0 Å². The second-order valence-corrected chi connectivity index (χ2v) is 6.78. The third-order valence-electron chi connectivity index (χ3n) is 4.84. The lowest BCUT2D eigenvalue weighted by Gasteiger charge is -2.22. The quantitative estimate of drug-likeness (QED) is 0.892. The Balaban J connectivity index is 1.59. The van der Waals surface area contributed by atoms with Crippen molar-refractivity contribution >= 4 is 11.9 Å². The number of hydrogen-bond donors (Lipinski definition) is 1. The fourth-order valence-electron chi connectivity index (χ4n) is 3.41. The van der Waals surface area contributed by atoms with Gasteiger partial charge in [0.15, 0.2) is 0 Å². The molecule has 3 heterocycles. The van der Waals surface area contributed by atoms with Crippen LogP contribution in [0.4, 0.5) is 5.95 Å². The lowest BCUT2D eigenvalue weighted by atomic mass is 10.1. The van der Waals surface area contributed by atoms with Gasteiger partial charge in [0, 0.05) is 62.1 Å². The number of carbonyl (C=O) groups is 1. The lowest BCUT2D eigenvalue weighted by Crippen LogP contribution is -2.36. The standard InChI is InChI=1S/C19H26N6O/c1-14-17(15(2)23-19(20)22-14)11-18(26)25-8-4-7-24(9-10-25)13-16-5-3-6-21-12-16/h3,5-6,12H,4,7-11,13H2,1-2H3,(H2,20,22,23). The van der Waals surface area contributed by atoms with Crippen LogP contribution in [0.5, 0.6) is 0 Å². The number of nitrogen functional groups attached to an aromatic ring is 1. The maximum Gasteiger partial charge on any atom is 0.227 e. The first-order valence-corrected chi connectivity index (χ1v) is 9.01. The van der Waals surface area contributed by atoms with Crippen LogP contribution < -0.4 is 5.73 Å². The van der Waals surface area contributed by atoms with Gasteiger partial charge in [-0.2, -0.15) is 0 Å². The Morgan fingerprint density at radius 1 is 1.15 bits per heavy atom. The topological polar surface area (TPSA) is 88.2 Å². The first-order chi connectivity index (χ1) is 12.5. The van der Waals surface area contributed by atoms with E-state index in [1.165, 1.54) is 5.56 Å². The molecule has 1 aliphatic rings. The summed E-state index contributed by atoms with van der Waals surface area (Å²) in [6.07, 6.45) is 5.00. The Labute approximate surface area is 154 Å². The molecule has 1 saturated heterocycles. The summed E-state index contributed by atoms with van der Waals surface area (Å²) in [6, 6.07) is 4.05. The third-order valence-corrected chi connectivity index (χ3v) is 4.84. The summed E-state index contributed by atoms with van der Waals surface area (Å²) in [5, 5.41) is 0. The van der Waals surface area contributed by atoms with Gasteiger partial charge in [0.05, 0.1) is 6.42 Å². The molecular formula is C19H26N6O. The van der Waals surface area contributed by atoms with E-state index in [0.29, 0.717) is 6.42 Å². The average molecular weight is 354 g/mol. The van der Waals surface area contributed by atoms with Gasteiger partial charge in [-0.1, -0.05) is 6.07 Å². The van der Waals surface area contributed by atoms with Gasteiger partial charge in [-0.05, 0) is 31.9 Å². The molecule has 2 aromatic heterocycles. The maximum absolute atomic E-state index is 12.8. The minimum Gasteiger partial charge on any atom is -0.368 e. The Morgan fingerprint density at radius 2 is 1.92 bits per heavy atom. The van der Waals surface area contributed by atoms with E-state index in [1.54, 1.807) is 6.20 Å². The van der Waals surface area contributed by atoms with E-state index in [1.807, 2.05) is 31.0 Å². The van der Waals surface area contributed by atoms with E-state index < -0.39 is 0 Å². The van der Waals surface area contributed by atoms with Crippen molar-refractivity contribution in [1.82, 2.24) is 24.8 Å². The average Bonchev–Trinajstić information content (AvgIpc) is 2.84. The first-order valence-electron chi connectivity index (χ1n) is 9.01. The molecule has 0 aliphatic carbocycles. The molecule has 0 atom stereocenters. The zero-order chi connectivity index (χ0) is 18.5. The molecule has 138 valence electrons. The molecule has 2 aromatic rings. The molecule has 1 amide bonds. The minimum atomic E-state index is 0.132. The van der Waals surface area contributed by atoms with Crippen LogP contribution in [-0.4, -0.2) is 56.8 Å². The predicted octanol–water partition coefficient (Wildman–Crippen LogP) is 1.35. The summed E-state index contributed by atoms with van der Waals surface area (Å²) in [5.74, 6) is 0.393. The molecule has 0 unspecified atom stereocenters. The van der Waals surface area contributed by atoms with E-state index in [4.69, 9.17) is 5.73 Å². The molecule has 2 N–H and O–H groups in total. The highest BCUT2D eigenvalue weighted by Crippen LogP contribution is 2.15. The molecule has 0 radical (unpaired) electrons. The number of anilines is 1. The zero-order valence-electron chi connectivity index (χ0n) is 15.5. The fraction of sp³-hybridized carbons (Fsp3) is 0.474. The SMILES string of the molecule is Cc1nc(N)nc(C)c1CC(=O)N1CCCN(Cc2cccnc2)CC1. The molecule has 0 saturated carbocycles. The highest BCUT2D eigenvalue weighted by atomic mass is 16.2. The Hall–Kier alpha value is -2.54. The summed E-state index contributed by atoms with van der Waals surface area (Å²) < 4.78 is 0. The summed E-state index contributed by atoms with van der Waals surface area (Å²) in [4.78, 5) is 29.7. The number of rotatable bonds is 4. The van der Waals surface area contributed by atoms with Crippen molar-refractivity contribution < 1.29 is 4.79 Å². The molecule has 0 spiro atoms. The van der Waals surface area contributed by atoms with Crippen LogP contribution in [0, 0.1) is 13.8 Å². The van der Waals surface area contributed by atoms with Crippen molar-refractivity contribution in [2.45, 2.75) is 33.2 Å². The number of aromatic nitrogens is 3. The molecule has 0 bridgehead atoms. The maximum atomic E-state index is 12.8. The summed E-state index contributed by atoms with van der Waals surface area (Å²) in [7, 11) is 0. The number of pyridine rings is 1. The monoisotopic (exact) mass is 354 g/mol.